The maximum atomic E-state index is 11.1. The van der Waals surface area contributed by atoms with Crippen molar-refractivity contribution < 1.29 is 18.3 Å². The first-order valence-corrected chi connectivity index (χ1v) is 5.22. The molecule has 0 atom stereocenters. The highest BCUT2D eigenvalue weighted by Gasteiger charge is 2.31. The Kier molecular flexibility index (Phi) is 3.62. The summed E-state index contributed by atoms with van der Waals surface area (Å²) in [5.74, 6) is -1.51. The lowest BCUT2D eigenvalue weighted by Gasteiger charge is -2.19. The largest absolute Gasteiger partial charge is 0.480 e. The van der Waals surface area contributed by atoms with E-state index in [4.69, 9.17) is 5.11 Å². The van der Waals surface area contributed by atoms with Crippen molar-refractivity contribution in [2.24, 2.45) is 0 Å². The van der Waals surface area contributed by atoms with Gasteiger partial charge in [0.1, 0.15) is 5.54 Å². The third kappa shape index (κ3) is 4.05. The summed E-state index contributed by atoms with van der Waals surface area (Å²) in [5, 5.41) is 8.62. The van der Waals surface area contributed by atoms with E-state index in [1.807, 2.05) is 4.72 Å². The van der Waals surface area contributed by atoms with Crippen LogP contribution < -0.4 is 4.72 Å². The van der Waals surface area contributed by atoms with Crippen molar-refractivity contribution in [1.82, 2.24) is 4.72 Å². The Labute approximate surface area is 77.5 Å². The summed E-state index contributed by atoms with van der Waals surface area (Å²) < 4.78 is 24.2. The van der Waals surface area contributed by atoms with Gasteiger partial charge in [0.05, 0.1) is 5.75 Å². The first-order chi connectivity index (χ1) is 5.71. The molecular formula is C7H13NO4S. The highest BCUT2D eigenvalue weighted by molar-refractivity contribution is 7.89. The Morgan fingerprint density at radius 2 is 2.08 bits per heavy atom. The number of carboxylic acid groups (broad SMARTS) is 1. The van der Waals surface area contributed by atoms with Gasteiger partial charge in [0.25, 0.3) is 0 Å². The van der Waals surface area contributed by atoms with Crippen LogP contribution in [-0.4, -0.2) is 30.8 Å². The number of carbonyl (C=O) groups is 1. The molecule has 0 saturated heterocycles. The third-order valence-corrected chi connectivity index (χ3v) is 2.78. The molecule has 0 aliphatic rings. The SMILES string of the molecule is C=CCS(=O)(=O)NC(C)(C)C(=O)O. The lowest BCUT2D eigenvalue weighted by molar-refractivity contribution is -0.142. The zero-order chi connectivity index (χ0) is 10.7. The number of nitrogens with one attached hydrogen (secondary N) is 1. The fourth-order valence-corrected chi connectivity index (χ4v) is 1.89. The molecule has 0 saturated carbocycles. The maximum Gasteiger partial charge on any atom is 0.324 e. The van der Waals surface area contributed by atoms with Crippen LogP contribution in [0.5, 0.6) is 0 Å². The average Bonchev–Trinajstić information content (AvgIpc) is 1.83. The summed E-state index contributed by atoms with van der Waals surface area (Å²) in [4.78, 5) is 10.6. The Morgan fingerprint density at radius 3 is 2.38 bits per heavy atom. The van der Waals surface area contributed by atoms with Crippen LogP contribution in [0, 0.1) is 0 Å². The molecule has 13 heavy (non-hydrogen) atoms. The molecule has 0 rings (SSSR count). The molecule has 0 fully saturated rings. The normalized spacial score (nSPS) is 12.5. The molecule has 0 aliphatic carbocycles. The quantitative estimate of drug-likeness (QED) is 0.619. The monoisotopic (exact) mass is 207 g/mol. The number of hydrogen-bond acceptors (Lipinski definition) is 3. The van der Waals surface area contributed by atoms with Crippen LogP contribution >= 0.6 is 0 Å². The van der Waals surface area contributed by atoms with Gasteiger partial charge in [-0.1, -0.05) is 6.08 Å². The Balaban J connectivity index is 4.62. The first-order valence-electron chi connectivity index (χ1n) is 3.57. The summed E-state index contributed by atoms with van der Waals surface area (Å²) in [6.45, 7) is 5.80. The molecule has 0 radical (unpaired) electrons. The second kappa shape index (κ2) is 3.89. The van der Waals surface area contributed by atoms with Crippen molar-refractivity contribution >= 4 is 16.0 Å². The van der Waals surface area contributed by atoms with E-state index in [0.717, 1.165) is 0 Å². The molecule has 0 heterocycles. The zero-order valence-electron chi connectivity index (χ0n) is 7.57. The van der Waals surface area contributed by atoms with Crippen molar-refractivity contribution in [3.63, 3.8) is 0 Å². The van der Waals surface area contributed by atoms with Crippen molar-refractivity contribution in [2.75, 3.05) is 5.75 Å². The van der Waals surface area contributed by atoms with Gasteiger partial charge in [-0.05, 0) is 13.8 Å². The number of aliphatic carboxylic acids is 1. The van der Waals surface area contributed by atoms with Gasteiger partial charge in [-0.15, -0.1) is 6.58 Å². The van der Waals surface area contributed by atoms with Gasteiger partial charge in [0.15, 0.2) is 0 Å². The Morgan fingerprint density at radius 1 is 1.62 bits per heavy atom. The molecule has 0 amide bonds. The van der Waals surface area contributed by atoms with E-state index in [9.17, 15) is 13.2 Å². The predicted octanol–water partition coefficient (Wildman–Crippen LogP) is -0.0450. The van der Waals surface area contributed by atoms with E-state index in [-0.39, 0.29) is 5.75 Å². The van der Waals surface area contributed by atoms with Gasteiger partial charge >= 0.3 is 5.97 Å². The van der Waals surface area contributed by atoms with Crippen LogP contribution in [-0.2, 0) is 14.8 Å². The van der Waals surface area contributed by atoms with Gasteiger partial charge in [-0.25, -0.2) is 8.42 Å². The van der Waals surface area contributed by atoms with Crippen LogP contribution in [0.1, 0.15) is 13.8 Å². The molecule has 0 aromatic carbocycles. The number of carboxylic acids is 1. The number of sulfonamides is 1. The molecule has 2 N–H and O–H groups in total. The molecule has 76 valence electrons. The second-order valence-electron chi connectivity index (χ2n) is 3.10. The molecule has 0 spiro atoms. The fourth-order valence-electron chi connectivity index (χ4n) is 0.629. The summed E-state index contributed by atoms with van der Waals surface area (Å²) in [6.07, 6.45) is 1.19. The topological polar surface area (TPSA) is 83.5 Å². The van der Waals surface area contributed by atoms with Crippen molar-refractivity contribution in [3.8, 4) is 0 Å². The Hall–Kier alpha value is -0.880. The van der Waals surface area contributed by atoms with Gasteiger partial charge in [0, 0.05) is 0 Å². The van der Waals surface area contributed by atoms with E-state index >= 15 is 0 Å². The summed E-state index contributed by atoms with van der Waals surface area (Å²) >= 11 is 0. The standard InChI is InChI=1S/C7H13NO4S/c1-4-5-13(11,12)8-7(2,3)6(9)10/h4,8H,1,5H2,2-3H3,(H,9,10). The molecular weight excluding hydrogens is 194 g/mol. The predicted molar refractivity (Wildman–Crippen MR) is 48.8 cm³/mol. The van der Waals surface area contributed by atoms with Gasteiger partial charge in [0.2, 0.25) is 10.0 Å². The van der Waals surface area contributed by atoms with Crippen LogP contribution in [0.4, 0.5) is 0 Å². The molecule has 0 aromatic heterocycles. The molecule has 6 heteroatoms. The zero-order valence-corrected chi connectivity index (χ0v) is 8.39. The molecule has 0 aliphatic heterocycles. The highest BCUT2D eigenvalue weighted by Crippen LogP contribution is 2.04. The van der Waals surface area contributed by atoms with Crippen LogP contribution in [0.3, 0.4) is 0 Å². The lowest BCUT2D eigenvalue weighted by Crippen LogP contribution is -2.50. The van der Waals surface area contributed by atoms with Crippen molar-refractivity contribution in [3.05, 3.63) is 12.7 Å². The highest BCUT2D eigenvalue weighted by atomic mass is 32.2. The van der Waals surface area contributed by atoms with Gasteiger partial charge in [-0.2, -0.15) is 4.72 Å². The Bertz CT molecular complexity index is 304. The van der Waals surface area contributed by atoms with Crippen molar-refractivity contribution in [2.45, 2.75) is 19.4 Å². The van der Waals surface area contributed by atoms with Gasteiger partial charge in [-0.3, -0.25) is 4.79 Å². The minimum Gasteiger partial charge on any atom is -0.480 e. The molecule has 0 aromatic rings. The second-order valence-corrected chi connectivity index (χ2v) is 4.87. The molecule has 0 unspecified atom stereocenters. The lowest BCUT2D eigenvalue weighted by atomic mass is 10.1. The minimum atomic E-state index is -3.58. The smallest absolute Gasteiger partial charge is 0.324 e. The van der Waals surface area contributed by atoms with Crippen LogP contribution in [0.2, 0.25) is 0 Å². The third-order valence-electron chi connectivity index (χ3n) is 1.28. The van der Waals surface area contributed by atoms with E-state index < -0.39 is 21.5 Å². The fraction of sp³-hybridized carbons (Fsp3) is 0.571. The maximum absolute atomic E-state index is 11.1. The summed E-state index contributed by atoms with van der Waals surface area (Å²) in [7, 11) is -3.58. The summed E-state index contributed by atoms with van der Waals surface area (Å²) in [6, 6.07) is 0. The number of hydrogen-bond donors (Lipinski definition) is 2. The number of rotatable bonds is 5. The van der Waals surface area contributed by atoms with E-state index in [1.54, 1.807) is 0 Å². The van der Waals surface area contributed by atoms with Crippen LogP contribution in [0.25, 0.3) is 0 Å². The van der Waals surface area contributed by atoms with E-state index in [2.05, 4.69) is 6.58 Å². The average molecular weight is 207 g/mol. The molecule has 0 bridgehead atoms. The van der Waals surface area contributed by atoms with Crippen LogP contribution in [0.15, 0.2) is 12.7 Å². The summed E-state index contributed by atoms with van der Waals surface area (Å²) in [5.41, 5.74) is -1.48. The van der Waals surface area contributed by atoms with Gasteiger partial charge < -0.3 is 5.11 Å². The first kappa shape index (κ1) is 12.1. The van der Waals surface area contributed by atoms with Crippen molar-refractivity contribution in [1.29, 1.82) is 0 Å². The molecule has 5 nitrogen and oxygen atoms in total. The van der Waals surface area contributed by atoms with E-state index in [0.29, 0.717) is 0 Å². The minimum absolute atomic E-state index is 0.288. The van der Waals surface area contributed by atoms with E-state index in [1.165, 1.54) is 19.9 Å².